The van der Waals surface area contributed by atoms with Crippen LogP contribution in [0.4, 0.5) is 5.69 Å². The zero-order chi connectivity index (χ0) is 13.8. The minimum atomic E-state index is -1.13. The highest BCUT2D eigenvalue weighted by molar-refractivity contribution is 7.99. The Hall–Kier alpha value is -2.48. The lowest BCUT2D eigenvalue weighted by Crippen LogP contribution is -1.99. The molecule has 0 saturated carbocycles. The Labute approximate surface area is 111 Å². The van der Waals surface area contributed by atoms with Crippen molar-refractivity contribution in [3.05, 3.63) is 52.5 Å². The smallest absolute Gasteiger partial charge is 0.354 e. The molecule has 0 aliphatic carbocycles. The van der Waals surface area contributed by atoms with E-state index in [1.54, 1.807) is 6.07 Å². The maximum atomic E-state index is 10.8. The average Bonchev–Trinajstić information content (AvgIpc) is 2.39. The van der Waals surface area contributed by atoms with Crippen LogP contribution >= 0.6 is 11.8 Å². The molecule has 0 aliphatic rings. The number of nitro groups is 1. The van der Waals surface area contributed by atoms with Crippen LogP contribution in [0.1, 0.15) is 10.5 Å². The molecule has 8 heteroatoms. The Kier molecular flexibility index (Phi) is 3.71. The summed E-state index contributed by atoms with van der Waals surface area (Å²) in [7, 11) is 0. The van der Waals surface area contributed by atoms with Crippen molar-refractivity contribution in [3.8, 4) is 0 Å². The van der Waals surface area contributed by atoms with Crippen LogP contribution in [-0.2, 0) is 0 Å². The molecule has 0 bridgehead atoms. The Balaban J connectivity index is 2.26. The molecule has 0 radical (unpaired) electrons. The summed E-state index contributed by atoms with van der Waals surface area (Å²) in [4.78, 5) is 29.2. The molecule has 2 aromatic heterocycles. The van der Waals surface area contributed by atoms with Crippen molar-refractivity contribution in [2.45, 2.75) is 9.92 Å². The van der Waals surface area contributed by atoms with Gasteiger partial charge in [0, 0.05) is 29.4 Å². The van der Waals surface area contributed by atoms with E-state index in [2.05, 4.69) is 9.97 Å². The second-order valence-electron chi connectivity index (χ2n) is 3.39. The highest BCUT2D eigenvalue weighted by Crippen LogP contribution is 2.28. The van der Waals surface area contributed by atoms with E-state index in [1.807, 2.05) is 0 Å². The first-order valence-corrected chi connectivity index (χ1v) is 5.85. The first kappa shape index (κ1) is 13.0. The molecule has 0 unspecified atom stereocenters. The monoisotopic (exact) mass is 277 g/mol. The highest BCUT2D eigenvalue weighted by Gasteiger charge is 2.10. The van der Waals surface area contributed by atoms with Crippen LogP contribution in [0.3, 0.4) is 0 Å². The number of hydrogen-bond acceptors (Lipinski definition) is 6. The predicted molar refractivity (Wildman–Crippen MR) is 66.2 cm³/mol. The van der Waals surface area contributed by atoms with E-state index >= 15 is 0 Å². The Morgan fingerprint density at radius 3 is 2.68 bits per heavy atom. The molecule has 96 valence electrons. The lowest BCUT2D eigenvalue weighted by molar-refractivity contribution is -0.385. The summed E-state index contributed by atoms with van der Waals surface area (Å²) in [6, 6.07) is 5.61. The fourth-order valence-electron chi connectivity index (χ4n) is 1.28. The first-order valence-electron chi connectivity index (χ1n) is 5.04. The normalized spacial score (nSPS) is 10.1. The Morgan fingerprint density at radius 1 is 1.26 bits per heavy atom. The second-order valence-corrected chi connectivity index (χ2v) is 4.49. The summed E-state index contributed by atoms with van der Waals surface area (Å²) in [5, 5.41) is 19.9. The summed E-state index contributed by atoms with van der Waals surface area (Å²) < 4.78 is 0. The summed E-state index contributed by atoms with van der Waals surface area (Å²) in [5.41, 5.74) is -0.152. The van der Waals surface area contributed by atoms with Gasteiger partial charge in [-0.25, -0.2) is 14.8 Å². The van der Waals surface area contributed by atoms with Gasteiger partial charge >= 0.3 is 5.97 Å². The number of hydrogen-bond donors (Lipinski definition) is 1. The van der Waals surface area contributed by atoms with Gasteiger partial charge in [-0.2, -0.15) is 0 Å². The van der Waals surface area contributed by atoms with Crippen LogP contribution in [0, 0.1) is 10.1 Å². The number of aromatic nitrogens is 2. The van der Waals surface area contributed by atoms with Gasteiger partial charge < -0.3 is 5.11 Å². The van der Waals surface area contributed by atoms with E-state index in [9.17, 15) is 14.9 Å². The van der Waals surface area contributed by atoms with Crippen LogP contribution < -0.4 is 0 Å². The largest absolute Gasteiger partial charge is 0.477 e. The van der Waals surface area contributed by atoms with Gasteiger partial charge in [0.15, 0.2) is 0 Å². The zero-order valence-corrected chi connectivity index (χ0v) is 10.2. The van der Waals surface area contributed by atoms with Crippen LogP contribution in [0.2, 0.25) is 0 Å². The molecule has 2 rings (SSSR count). The third-order valence-electron chi connectivity index (χ3n) is 2.10. The third kappa shape index (κ3) is 3.26. The molecular weight excluding hydrogens is 270 g/mol. The van der Waals surface area contributed by atoms with Gasteiger partial charge in [0.25, 0.3) is 5.69 Å². The van der Waals surface area contributed by atoms with E-state index < -0.39 is 10.9 Å². The quantitative estimate of drug-likeness (QED) is 0.674. The molecule has 19 heavy (non-hydrogen) atoms. The van der Waals surface area contributed by atoms with E-state index in [4.69, 9.17) is 5.11 Å². The van der Waals surface area contributed by atoms with Crippen LogP contribution in [0.25, 0.3) is 0 Å². The highest BCUT2D eigenvalue weighted by atomic mass is 32.2. The fourth-order valence-corrected chi connectivity index (χ4v) is 2.11. The van der Waals surface area contributed by atoms with Crippen molar-refractivity contribution in [1.82, 2.24) is 9.97 Å². The molecule has 7 nitrogen and oxygen atoms in total. The lowest BCUT2D eigenvalue weighted by Gasteiger charge is -2.01. The Morgan fingerprint density at radius 2 is 2.00 bits per heavy atom. The molecule has 2 heterocycles. The van der Waals surface area contributed by atoms with Gasteiger partial charge in [0.05, 0.1) is 4.92 Å². The number of pyridine rings is 2. The standard InChI is InChI=1S/C11H7N3O4S/c15-11(16)9-6-8(2-4-12-9)19-10-5-7(14(17)18)1-3-13-10/h1-6H,(H,15,16). The SMILES string of the molecule is O=C(O)c1cc(Sc2cc([N+](=O)[O-])ccn2)ccn1. The minimum Gasteiger partial charge on any atom is -0.477 e. The van der Waals surface area contributed by atoms with E-state index in [-0.39, 0.29) is 11.4 Å². The van der Waals surface area contributed by atoms with Crippen LogP contribution in [0.15, 0.2) is 46.6 Å². The van der Waals surface area contributed by atoms with Crippen molar-refractivity contribution in [2.24, 2.45) is 0 Å². The topological polar surface area (TPSA) is 106 Å². The number of carboxylic acid groups (broad SMARTS) is 1. The fraction of sp³-hybridized carbons (Fsp3) is 0. The molecule has 0 saturated heterocycles. The lowest BCUT2D eigenvalue weighted by atomic mass is 10.3. The second kappa shape index (κ2) is 5.44. The maximum absolute atomic E-state index is 10.8. The van der Waals surface area contributed by atoms with Gasteiger partial charge in [0.1, 0.15) is 10.7 Å². The Bertz CT molecular complexity index is 592. The van der Waals surface area contributed by atoms with Gasteiger partial charge in [0.2, 0.25) is 0 Å². The molecule has 0 aromatic carbocycles. The summed E-state index contributed by atoms with van der Waals surface area (Å²) >= 11 is 1.13. The number of aromatic carboxylic acids is 1. The van der Waals surface area contributed by atoms with Crippen molar-refractivity contribution in [2.75, 3.05) is 0 Å². The van der Waals surface area contributed by atoms with Crippen LogP contribution in [-0.4, -0.2) is 26.0 Å². The van der Waals surface area contributed by atoms with E-state index in [0.29, 0.717) is 9.92 Å². The van der Waals surface area contributed by atoms with Crippen molar-refractivity contribution >= 4 is 23.4 Å². The molecular formula is C11H7N3O4S. The van der Waals surface area contributed by atoms with Crippen molar-refractivity contribution < 1.29 is 14.8 Å². The van der Waals surface area contributed by atoms with Crippen molar-refractivity contribution in [3.63, 3.8) is 0 Å². The van der Waals surface area contributed by atoms with E-state index in [1.165, 1.54) is 30.6 Å². The van der Waals surface area contributed by atoms with Gasteiger partial charge in [-0.1, -0.05) is 11.8 Å². The van der Waals surface area contributed by atoms with Gasteiger partial charge in [-0.3, -0.25) is 10.1 Å². The number of carbonyl (C=O) groups is 1. The van der Waals surface area contributed by atoms with E-state index in [0.717, 1.165) is 11.8 Å². The molecule has 0 aliphatic heterocycles. The molecule has 1 N–H and O–H groups in total. The number of rotatable bonds is 4. The maximum Gasteiger partial charge on any atom is 0.354 e. The first-order chi connectivity index (χ1) is 9.06. The number of carboxylic acids is 1. The third-order valence-corrected chi connectivity index (χ3v) is 3.02. The molecule has 0 atom stereocenters. The molecule has 0 amide bonds. The average molecular weight is 277 g/mol. The molecule has 2 aromatic rings. The minimum absolute atomic E-state index is 0.0648. The number of nitrogens with zero attached hydrogens (tertiary/aromatic N) is 3. The summed E-state index contributed by atoms with van der Waals surface area (Å²) in [6.07, 6.45) is 2.70. The zero-order valence-electron chi connectivity index (χ0n) is 9.39. The molecule has 0 spiro atoms. The summed E-state index contributed by atoms with van der Waals surface area (Å²) in [5.74, 6) is -1.13. The van der Waals surface area contributed by atoms with Crippen molar-refractivity contribution in [1.29, 1.82) is 0 Å². The molecule has 0 fully saturated rings. The van der Waals surface area contributed by atoms with Crippen LogP contribution in [0.5, 0.6) is 0 Å². The van der Waals surface area contributed by atoms with Gasteiger partial charge in [-0.15, -0.1) is 0 Å². The summed E-state index contributed by atoms with van der Waals surface area (Å²) in [6.45, 7) is 0. The van der Waals surface area contributed by atoms with Gasteiger partial charge in [-0.05, 0) is 12.1 Å². The predicted octanol–water partition coefficient (Wildman–Crippen LogP) is 2.23.